The number of carboxylic acid groups (broad SMARTS) is 1. The number of hydrogen-bond donors (Lipinski definition) is 1. The summed E-state index contributed by atoms with van der Waals surface area (Å²) in [5.74, 6) is 0.134. The van der Waals surface area contributed by atoms with E-state index in [4.69, 9.17) is 14.3 Å². The molecule has 0 radical (unpaired) electrons. The van der Waals surface area contributed by atoms with Crippen LogP contribution in [0.5, 0.6) is 5.95 Å². The van der Waals surface area contributed by atoms with Gasteiger partial charge >= 0.3 is 5.97 Å². The van der Waals surface area contributed by atoms with Crippen molar-refractivity contribution in [2.24, 2.45) is 0 Å². The molecule has 0 aliphatic heterocycles. The Balaban J connectivity index is 2.30. The van der Waals surface area contributed by atoms with Gasteiger partial charge in [0.15, 0.2) is 0 Å². The summed E-state index contributed by atoms with van der Waals surface area (Å²) in [5.41, 5.74) is 1.07. The van der Waals surface area contributed by atoms with Crippen LogP contribution in [0.2, 0.25) is 0 Å². The van der Waals surface area contributed by atoms with E-state index in [0.717, 1.165) is 5.56 Å². The van der Waals surface area contributed by atoms with Gasteiger partial charge in [0.05, 0.1) is 12.7 Å². The molecule has 0 fully saturated rings. The molecule has 0 spiro atoms. The van der Waals surface area contributed by atoms with Gasteiger partial charge in [0, 0.05) is 11.6 Å². The largest absolute Gasteiger partial charge is 0.478 e. The minimum Gasteiger partial charge on any atom is -0.478 e. The van der Waals surface area contributed by atoms with Gasteiger partial charge in [0.2, 0.25) is 0 Å². The first-order valence-electron chi connectivity index (χ1n) is 4.68. The van der Waals surface area contributed by atoms with Gasteiger partial charge in [-0.3, -0.25) is 0 Å². The van der Waals surface area contributed by atoms with Gasteiger partial charge in [-0.25, -0.2) is 4.79 Å². The maximum Gasteiger partial charge on any atom is 0.335 e. The molecule has 16 heavy (non-hydrogen) atoms. The Labute approximate surface area is 92.1 Å². The highest BCUT2D eigenvalue weighted by Crippen LogP contribution is 2.25. The molecule has 2 aromatic rings. The monoisotopic (exact) mass is 218 g/mol. The third-order valence-electron chi connectivity index (χ3n) is 2.20. The van der Waals surface area contributed by atoms with Crippen LogP contribution >= 0.6 is 0 Å². The van der Waals surface area contributed by atoms with E-state index in [1.54, 1.807) is 24.3 Å². The van der Waals surface area contributed by atoms with Gasteiger partial charge in [-0.1, -0.05) is 12.1 Å². The molecular formula is C12H10O4. The molecule has 0 amide bonds. The summed E-state index contributed by atoms with van der Waals surface area (Å²) in [4.78, 5) is 10.7. The van der Waals surface area contributed by atoms with Crippen molar-refractivity contribution in [3.8, 4) is 17.3 Å². The lowest BCUT2D eigenvalue weighted by atomic mass is 10.1. The van der Waals surface area contributed by atoms with Crippen LogP contribution in [0.15, 0.2) is 40.8 Å². The van der Waals surface area contributed by atoms with Crippen LogP contribution in [-0.2, 0) is 0 Å². The van der Waals surface area contributed by atoms with Crippen LogP contribution in [0.3, 0.4) is 0 Å². The van der Waals surface area contributed by atoms with Crippen LogP contribution < -0.4 is 4.74 Å². The number of hydrogen-bond acceptors (Lipinski definition) is 3. The number of carbonyl (C=O) groups is 1. The van der Waals surface area contributed by atoms with Crippen molar-refractivity contribution in [3.05, 3.63) is 42.0 Å². The van der Waals surface area contributed by atoms with Crippen molar-refractivity contribution in [1.29, 1.82) is 0 Å². The highest BCUT2D eigenvalue weighted by molar-refractivity contribution is 5.88. The summed E-state index contributed by atoms with van der Waals surface area (Å²) in [6.45, 7) is 0. The lowest BCUT2D eigenvalue weighted by Gasteiger charge is -1.98. The van der Waals surface area contributed by atoms with Crippen molar-refractivity contribution >= 4 is 5.97 Å². The Morgan fingerprint density at radius 1 is 1.19 bits per heavy atom. The molecule has 2 rings (SSSR count). The van der Waals surface area contributed by atoms with Crippen LogP contribution in [0.25, 0.3) is 11.3 Å². The third-order valence-corrected chi connectivity index (χ3v) is 2.20. The fraction of sp³-hybridized carbons (Fsp3) is 0.0833. The first-order valence-corrected chi connectivity index (χ1v) is 4.68. The summed E-state index contributed by atoms with van der Waals surface area (Å²) >= 11 is 0. The Morgan fingerprint density at radius 3 is 2.38 bits per heavy atom. The summed E-state index contributed by atoms with van der Waals surface area (Å²) in [7, 11) is 1.52. The van der Waals surface area contributed by atoms with E-state index < -0.39 is 5.97 Å². The van der Waals surface area contributed by atoms with Crippen LogP contribution in [0.1, 0.15) is 10.4 Å². The van der Waals surface area contributed by atoms with Crippen LogP contribution in [0.4, 0.5) is 0 Å². The average molecular weight is 218 g/mol. The van der Waals surface area contributed by atoms with Crippen molar-refractivity contribution in [2.45, 2.75) is 0 Å². The van der Waals surface area contributed by atoms with E-state index in [-0.39, 0.29) is 5.56 Å². The van der Waals surface area contributed by atoms with Gasteiger partial charge in [-0.05, 0) is 18.2 Å². The van der Waals surface area contributed by atoms with Crippen LogP contribution in [-0.4, -0.2) is 18.2 Å². The average Bonchev–Trinajstić information content (AvgIpc) is 2.77. The first-order chi connectivity index (χ1) is 7.70. The Morgan fingerprint density at radius 2 is 1.88 bits per heavy atom. The lowest BCUT2D eigenvalue weighted by molar-refractivity contribution is 0.0697. The zero-order valence-electron chi connectivity index (χ0n) is 8.64. The first kappa shape index (κ1) is 10.3. The molecule has 0 aliphatic rings. The van der Waals surface area contributed by atoms with Crippen molar-refractivity contribution in [3.63, 3.8) is 0 Å². The van der Waals surface area contributed by atoms with Gasteiger partial charge in [-0.15, -0.1) is 0 Å². The standard InChI is InChI=1S/C12H10O4/c1-15-11-7-6-10(16-11)8-2-4-9(5-3-8)12(13)14/h2-7H,1H3,(H,13,14). The second-order valence-electron chi connectivity index (χ2n) is 3.21. The van der Waals surface area contributed by atoms with E-state index in [9.17, 15) is 4.79 Å². The second kappa shape index (κ2) is 4.10. The molecule has 0 bridgehead atoms. The molecule has 0 unspecified atom stereocenters. The van der Waals surface area contributed by atoms with Gasteiger partial charge in [0.1, 0.15) is 5.76 Å². The summed E-state index contributed by atoms with van der Waals surface area (Å²) in [5, 5.41) is 8.75. The van der Waals surface area contributed by atoms with E-state index in [1.807, 2.05) is 0 Å². The fourth-order valence-electron chi connectivity index (χ4n) is 1.36. The minimum absolute atomic E-state index is 0.252. The van der Waals surface area contributed by atoms with Crippen molar-refractivity contribution in [1.82, 2.24) is 0 Å². The smallest absolute Gasteiger partial charge is 0.335 e. The number of carboxylic acids is 1. The minimum atomic E-state index is -0.941. The molecule has 4 nitrogen and oxygen atoms in total. The Bertz CT molecular complexity index is 496. The number of furan rings is 1. The molecule has 1 N–H and O–H groups in total. The van der Waals surface area contributed by atoms with Gasteiger partial charge in [-0.2, -0.15) is 0 Å². The Hall–Kier alpha value is -2.23. The normalized spacial score (nSPS) is 10.1. The van der Waals surface area contributed by atoms with E-state index in [2.05, 4.69) is 0 Å². The van der Waals surface area contributed by atoms with Gasteiger partial charge in [0.25, 0.3) is 5.95 Å². The highest BCUT2D eigenvalue weighted by Gasteiger charge is 2.06. The molecule has 1 heterocycles. The van der Waals surface area contributed by atoms with Crippen molar-refractivity contribution in [2.75, 3.05) is 7.11 Å². The van der Waals surface area contributed by atoms with Gasteiger partial charge < -0.3 is 14.3 Å². The number of benzene rings is 1. The molecule has 82 valence electrons. The molecule has 1 aromatic carbocycles. The predicted molar refractivity (Wildman–Crippen MR) is 57.7 cm³/mol. The maximum atomic E-state index is 10.7. The number of aromatic carboxylic acids is 1. The fourth-order valence-corrected chi connectivity index (χ4v) is 1.36. The third kappa shape index (κ3) is 1.91. The summed E-state index contributed by atoms with van der Waals surface area (Å²) in [6.07, 6.45) is 0. The number of ether oxygens (including phenoxy) is 1. The topological polar surface area (TPSA) is 59.7 Å². The number of rotatable bonds is 3. The predicted octanol–water partition coefficient (Wildman–Crippen LogP) is 2.65. The molecule has 4 heteroatoms. The van der Waals surface area contributed by atoms with E-state index >= 15 is 0 Å². The summed E-state index contributed by atoms with van der Waals surface area (Å²) in [6, 6.07) is 9.94. The Kier molecular flexibility index (Phi) is 2.64. The molecule has 0 aliphatic carbocycles. The van der Waals surface area contributed by atoms with Crippen LogP contribution in [0, 0.1) is 0 Å². The molecule has 0 saturated heterocycles. The quantitative estimate of drug-likeness (QED) is 0.860. The zero-order chi connectivity index (χ0) is 11.5. The molecular weight excluding hydrogens is 208 g/mol. The molecule has 0 atom stereocenters. The highest BCUT2D eigenvalue weighted by atomic mass is 16.6. The lowest BCUT2D eigenvalue weighted by Crippen LogP contribution is -1.94. The van der Waals surface area contributed by atoms with E-state index in [0.29, 0.717) is 11.7 Å². The molecule has 0 saturated carbocycles. The SMILES string of the molecule is COc1ccc(-c2ccc(C(=O)O)cc2)o1. The maximum absolute atomic E-state index is 10.7. The number of methoxy groups -OCH3 is 1. The second-order valence-corrected chi connectivity index (χ2v) is 3.21. The summed E-state index contributed by atoms with van der Waals surface area (Å²) < 4.78 is 10.3. The van der Waals surface area contributed by atoms with Crippen molar-refractivity contribution < 1.29 is 19.1 Å². The molecule has 1 aromatic heterocycles. The van der Waals surface area contributed by atoms with E-state index in [1.165, 1.54) is 19.2 Å². The zero-order valence-corrected chi connectivity index (χ0v) is 8.64.